The molecule has 1 saturated heterocycles. The predicted octanol–water partition coefficient (Wildman–Crippen LogP) is 1.55. The van der Waals surface area contributed by atoms with Crippen molar-refractivity contribution >= 4 is 21.6 Å². The molecule has 9 heteroatoms. The first kappa shape index (κ1) is 17.3. The molecule has 140 valence electrons. The largest absolute Gasteiger partial charge is 0.311 e. The molecule has 0 aliphatic carbocycles. The smallest absolute Gasteiger partial charge is 0.226 e. The number of carbonyl (C=O) groups is 1. The van der Waals surface area contributed by atoms with Crippen molar-refractivity contribution in [3.05, 3.63) is 28.7 Å². The van der Waals surface area contributed by atoms with Crippen LogP contribution in [0.25, 0.3) is 0 Å². The third-order valence-electron chi connectivity index (χ3n) is 5.50. The number of nitrogens with one attached hydrogen (secondary N) is 1. The summed E-state index contributed by atoms with van der Waals surface area (Å²) in [6, 6.07) is -0.221. The average Bonchev–Trinajstić information content (AvgIpc) is 3.22. The number of aromatic nitrogens is 4. The first-order chi connectivity index (χ1) is 12.3. The monoisotopic (exact) mass is 377 g/mol. The van der Waals surface area contributed by atoms with E-state index in [0.29, 0.717) is 18.7 Å². The normalized spacial score (nSPS) is 24.5. The maximum Gasteiger partial charge on any atom is 0.226 e. The van der Waals surface area contributed by atoms with Crippen molar-refractivity contribution in [1.82, 2.24) is 19.6 Å². The third kappa shape index (κ3) is 2.65. The minimum atomic E-state index is -3.03. The van der Waals surface area contributed by atoms with Crippen LogP contribution in [0.15, 0.2) is 6.20 Å². The molecule has 2 aromatic heterocycles. The molecule has 4 heterocycles. The molecule has 4 rings (SSSR count). The van der Waals surface area contributed by atoms with Crippen LogP contribution in [-0.4, -0.2) is 45.4 Å². The Balaban J connectivity index is 1.81. The number of rotatable bonds is 3. The molecule has 2 aliphatic rings. The number of nitrogens with zero attached hydrogens (tertiary/aromatic N) is 4. The summed E-state index contributed by atoms with van der Waals surface area (Å²) in [6.45, 7) is 6.74. The van der Waals surface area contributed by atoms with Gasteiger partial charge in [-0.1, -0.05) is 0 Å². The van der Waals surface area contributed by atoms with Crippen molar-refractivity contribution in [1.29, 1.82) is 0 Å². The first-order valence-corrected chi connectivity index (χ1v) is 10.7. The highest BCUT2D eigenvalue weighted by atomic mass is 32.2. The Hall–Kier alpha value is -2.16. The van der Waals surface area contributed by atoms with Gasteiger partial charge < -0.3 is 5.32 Å². The number of hydrogen-bond donors (Lipinski definition) is 1. The van der Waals surface area contributed by atoms with Crippen LogP contribution in [0.5, 0.6) is 0 Å². The van der Waals surface area contributed by atoms with E-state index in [1.165, 1.54) is 0 Å². The molecule has 0 radical (unpaired) electrons. The lowest BCUT2D eigenvalue weighted by Crippen LogP contribution is -2.26. The summed E-state index contributed by atoms with van der Waals surface area (Å²) >= 11 is 0. The Morgan fingerprint density at radius 2 is 2.12 bits per heavy atom. The zero-order valence-corrected chi connectivity index (χ0v) is 16.0. The Morgan fingerprint density at radius 1 is 1.35 bits per heavy atom. The van der Waals surface area contributed by atoms with Gasteiger partial charge in [-0.05, 0) is 27.2 Å². The van der Waals surface area contributed by atoms with E-state index in [4.69, 9.17) is 0 Å². The van der Waals surface area contributed by atoms with E-state index in [0.717, 1.165) is 29.1 Å². The van der Waals surface area contributed by atoms with Crippen molar-refractivity contribution in [3.63, 3.8) is 0 Å². The third-order valence-corrected chi connectivity index (χ3v) is 7.25. The van der Waals surface area contributed by atoms with Crippen LogP contribution in [0.1, 0.15) is 54.2 Å². The molecule has 26 heavy (non-hydrogen) atoms. The van der Waals surface area contributed by atoms with E-state index in [1.54, 1.807) is 4.68 Å². The zero-order chi connectivity index (χ0) is 18.6. The van der Waals surface area contributed by atoms with Crippen LogP contribution in [0, 0.1) is 13.8 Å². The van der Waals surface area contributed by atoms with E-state index >= 15 is 0 Å². The number of hydrogen-bond acceptors (Lipinski definition) is 5. The Bertz CT molecular complexity index is 988. The van der Waals surface area contributed by atoms with Crippen LogP contribution >= 0.6 is 0 Å². The van der Waals surface area contributed by atoms with Crippen molar-refractivity contribution in [2.45, 2.75) is 52.1 Å². The van der Waals surface area contributed by atoms with Gasteiger partial charge in [0.05, 0.1) is 29.4 Å². The minimum Gasteiger partial charge on any atom is -0.311 e. The molecule has 1 amide bonds. The second kappa shape index (κ2) is 5.94. The molecular formula is C17H23N5O3S. The van der Waals surface area contributed by atoms with Gasteiger partial charge in [0.25, 0.3) is 0 Å². The average molecular weight is 377 g/mol. The van der Waals surface area contributed by atoms with Gasteiger partial charge in [-0.15, -0.1) is 0 Å². The highest BCUT2D eigenvalue weighted by Gasteiger charge is 2.38. The van der Waals surface area contributed by atoms with E-state index in [9.17, 15) is 13.2 Å². The minimum absolute atomic E-state index is 0.0758. The Kier molecular flexibility index (Phi) is 3.94. The lowest BCUT2D eigenvalue weighted by molar-refractivity contribution is -0.116. The molecule has 2 atom stereocenters. The van der Waals surface area contributed by atoms with Gasteiger partial charge in [0.2, 0.25) is 5.91 Å². The van der Waals surface area contributed by atoms with Crippen LogP contribution in [0.3, 0.4) is 0 Å². The number of fused-ring (bicyclic) bond motifs is 1. The predicted molar refractivity (Wildman–Crippen MR) is 97.0 cm³/mol. The molecule has 0 saturated carbocycles. The number of anilines is 1. The number of sulfone groups is 1. The van der Waals surface area contributed by atoms with Gasteiger partial charge in [0.15, 0.2) is 9.84 Å². The first-order valence-electron chi connectivity index (χ1n) is 8.92. The maximum absolute atomic E-state index is 12.4. The van der Waals surface area contributed by atoms with E-state index in [-0.39, 0.29) is 29.4 Å². The molecular weight excluding hydrogens is 354 g/mol. The number of aryl methyl sites for hydroxylation is 2. The fourth-order valence-corrected chi connectivity index (χ4v) is 5.88. The summed E-state index contributed by atoms with van der Waals surface area (Å²) < 4.78 is 27.4. The van der Waals surface area contributed by atoms with E-state index in [2.05, 4.69) is 15.5 Å². The van der Waals surface area contributed by atoms with E-state index in [1.807, 2.05) is 31.6 Å². The molecule has 0 spiro atoms. The number of carbonyl (C=O) groups excluding carboxylic acids is 1. The van der Waals surface area contributed by atoms with Gasteiger partial charge in [-0.25, -0.2) is 13.1 Å². The standard InChI is InChI=1S/C17H23N5O3S/c1-4-21-11(3)14(8-18-21)13-7-15(23)19-17-16(13)10(2)20-22(17)12-5-6-26(24,25)9-12/h8,12-13H,4-7,9H2,1-3H3,(H,19,23)/t12-,13-/m1/s1. The highest BCUT2D eigenvalue weighted by molar-refractivity contribution is 7.91. The molecule has 2 aliphatic heterocycles. The lowest BCUT2D eigenvalue weighted by atomic mass is 9.86. The molecule has 8 nitrogen and oxygen atoms in total. The fraction of sp³-hybridized carbons (Fsp3) is 0.588. The molecule has 1 N–H and O–H groups in total. The van der Waals surface area contributed by atoms with Crippen LogP contribution in [0.4, 0.5) is 5.82 Å². The van der Waals surface area contributed by atoms with Crippen LogP contribution in [-0.2, 0) is 21.2 Å². The molecule has 2 aromatic rings. The van der Waals surface area contributed by atoms with Gasteiger partial charge in [0, 0.05) is 35.7 Å². The molecule has 1 fully saturated rings. The van der Waals surface area contributed by atoms with Crippen LogP contribution in [0.2, 0.25) is 0 Å². The van der Waals surface area contributed by atoms with Gasteiger partial charge in [0.1, 0.15) is 5.82 Å². The van der Waals surface area contributed by atoms with E-state index < -0.39 is 9.84 Å². The van der Waals surface area contributed by atoms with Crippen molar-refractivity contribution < 1.29 is 13.2 Å². The maximum atomic E-state index is 12.4. The van der Waals surface area contributed by atoms with Gasteiger partial charge in [-0.3, -0.25) is 9.48 Å². The molecule has 0 unspecified atom stereocenters. The fourth-order valence-electron chi connectivity index (χ4n) is 4.19. The summed E-state index contributed by atoms with van der Waals surface area (Å²) in [5.41, 5.74) is 3.89. The topological polar surface area (TPSA) is 98.9 Å². The zero-order valence-electron chi connectivity index (χ0n) is 15.2. The quantitative estimate of drug-likeness (QED) is 0.875. The van der Waals surface area contributed by atoms with Crippen LogP contribution < -0.4 is 5.32 Å². The molecule has 0 bridgehead atoms. The van der Waals surface area contributed by atoms with Gasteiger partial charge in [-0.2, -0.15) is 10.2 Å². The second-order valence-corrected chi connectivity index (χ2v) is 9.38. The Labute approximate surface area is 152 Å². The Morgan fingerprint density at radius 3 is 2.73 bits per heavy atom. The summed E-state index contributed by atoms with van der Waals surface area (Å²) in [4.78, 5) is 12.4. The van der Waals surface area contributed by atoms with Crippen molar-refractivity contribution in [2.75, 3.05) is 16.8 Å². The highest BCUT2D eigenvalue weighted by Crippen LogP contribution is 2.42. The number of amides is 1. The summed E-state index contributed by atoms with van der Waals surface area (Å²) in [5, 5.41) is 12.0. The second-order valence-electron chi connectivity index (χ2n) is 7.16. The summed E-state index contributed by atoms with van der Waals surface area (Å²) in [6.07, 6.45) is 2.71. The SMILES string of the molecule is CCn1ncc([C@H]2CC(=O)Nc3c2c(C)nn3[C@@H]2CCS(=O)(=O)C2)c1C. The van der Waals surface area contributed by atoms with Crippen molar-refractivity contribution in [3.8, 4) is 0 Å². The lowest BCUT2D eigenvalue weighted by Gasteiger charge is -2.25. The van der Waals surface area contributed by atoms with Gasteiger partial charge >= 0.3 is 0 Å². The van der Waals surface area contributed by atoms with Crippen molar-refractivity contribution in [2.24, 2.45) is 0 Å². The summed E-state index contributed by atoms with van der Waals surface area (Å²) in [7, 11) is -3.03. The summed E-state index contributed by atoms with van der Waals surface area (Å²) in [5.74, 6) is 0.715. The molecule has 0 aromatic carbocycles.